The number of aliphatic carboxylic acids is 1. The number of methoxy groups -OCH3 is 2. The molecule has 1 aromatic rings. The van der Waals surface area contributed by atoms with E-state index in [1.807, 2.05) is 18.2 Å². The second-order valence-electron chi connectivity index (χ2n) is 5.58. The summed E-state index contributed by atoms with van der Waals surface area (Å²) in [6.07, 6.45) is 0. The Morgan fingerprint density at radius 3 is 2.33 bits per heavy atom. The second-order valence-corrected chi connectivity index (χ2v) is 5.58. The Balaban J connectivity index is 3.09. The van der Waals surface area contributed by atoms with Crippen molar-refractivity contribution in [2.24, 2.45) is 11.8 Å². The molecule has 0 bridgehead atoms. The molecule has 5 nitrogen and oxygen atoms in total. The van der Waals surface area contributed by atoms with Gasteiger partial charge in [-0.05, 0) is 18.1 Å². The van der Waals surface area contributed by atoms with Gasteiger partial charge in [-0.3, -0.25) is 4.79 Å². The molecule has 21 heavy (non-hydrogen) atoms. The first-order chi connectivity index (χ1) is 9.88. The summed E-state index contributed by atoms with van der Waals surface area (Å²) in [5, 5.41) is 9.14. The molecule has 1 N–H and O–H groups in total. The SMILES string of the molecule is COc1ccc(N(CC(C)C)CC(C)C(=O)O)c(OC)c1. The topological polar surface area (TPSA) is 59.0 Å². The number of rotatable bonds is 8. The lowest BCUT2D eigenvalue weighted by Gasteiger charge is -2.29. The summed E-state index contributed by atoms with van der Waals surface area (Å²) >= 11 is 0. The van der Waals surface area contributed by atoms with Crippen LogP contribution in [0.15, 0.2) is 18.2 Å². The van der Waals surface area contributed by atoms with E-state index in [0.29, 0.717) is 24.0 Å². The first kappa shape index (κ1) is 17.1. The molecular weight excluding hydrogens is 270 g/mol. The molecule has 1 rings (SSSR count). The Morgan fingerprint density at radius 1 is 1.19 bits per heavy atom. The molecule has 1 aromatic carbocycles. The van der Waals surface area contributed by atoms with Gasteiger partial charge in [-0.2, -0.15) is 0 Å². The lowest BCUT2D eigenvalue weighted by Crippen LogP contribution is -2.34. The number of carboxylic acids is 1. The molecule has 1 atom stereocenters. The standard InChI is InChI=1S/C16H25NO4/c1-11(2)9-17(10-12(3)16(18)19)14-7-6-13(20-4)8-15(14)21-5/h6-8,11-12H,9-10H2,1-5H3,(H,18,19). The minimum Gasteiger partial charge on any atom is -0.497 e. The van der Waals surface area contributed by atoms with Crippen LogP contribution in [0.2, 0.25) is 0 Å². The van der Waals surface area contributed by atoms with Crippen LogP contribution in [0.25, 0.3) is 0 Å². The quantitative estimate of drug-likeness (QED) is 0.799. The Bertz CT molecular complexity index is 473. The van der Waals surface area contributed by atoms with Crippen molar-refractivity contribution in [3.8, 4) is 11.5 Å². The van der Waals surface area contributed by atoms with Gasteiger partial charge in [0.15, 0.2) is 0 Å². The highest BCUT2D eigenvalue weighted by atomic mass is 16.5. The van der Waals surface area contributed by atoms with Crippen molar-refractivity contribution in [2.75, 3.05) is 32.2 Å². The van der Waals surface area contributed by atoms with Crippen LogP contribution in [-0.2, 0) is 4.79 Å². The van der Waals surface area contributed by atoms with Crippen LogP contribution < -0.4 is 14.4 Å². The molecule has 0 heterocycles. The number of carboxylic acid groups (broad SMARTS) is 1. The molecule has 0 saturated carbocycles. The number of nitrogens with zero attached hydrogens (tertiary/aromatic N) is 1. The van der Waals surface area contributed by atoms with E-state index in [0.717, 1.165) is 12.2 Å². The Kier molecular flexibility index (Phi) is 6.34. The van der Waals surface area contributed by atoms with Gasteiger partial charge in [0.2, 0.25) is 0 Å². The zero-order valence-corrected chi connectivity index (χ0v) is 13.4. The normalized spacial score (nSPS) is 12.1. The van der Waals surface area contributed by atoms with E-state index in [-0.39, 0.29) is 0 Å². The largest absolute Gasteiger partial charge is 0.497 e. The highest BCUT2D eigenvalue weighted by Crippen LogP contribution is 2.33. The van der Waals surface area contributed by atoms with Crippen molar-refractivity contribution in [3.05, 3.63) is 18.2 Å². The van der Waals surface area contributed by atoms with Crippen molar-refractivity contribution in [1.29, 1.82) is 0 Å². The van der Waals surface area contributed by atoms with Crippen LogP contribution in [0.3, 0.4) is 0 Å². The molecule has 0 aliphatic carbocycles. The highest BCUT2D eigenvalue weighted by Gasteiger charge is 2.20. The van der Waals surface area contributed by atoms with Gasteiger partial charge in [0, 0.05) is 19.2 Å². The number of benzene rings is 1. The lowest BCUT2D eigenvalue weighted by molar-refractivity contribution is -0.140. The molecule has 0 aliphatic heterocycles. The molecule has 0 spiro atoms. The van der Waals surface area contributed by atoms with E-state index >= 15 is 0 Å². The fourth-order valence-corrected chi connectivity index (χ4v) is 2.17. The fourth-order valence-electron chi connectivity index (χ4n) is 2.17. The Hall–Kier alpha value is -1.91. The van der Waals surface area contributed by atoms with Gasteiger partial charge >= 0.3 is 5.97 Å². The average Bonchev–Trinajstić information content (AvgIpc) is 2.45. The van der Waals surface area contributed by atoms with Crippen LogP contribution >= 0.6 is 0 Å². The highest BCUT2D eigenvalue weighted by molar-refractivity contribution is 5.71. The van der Waals surface area contributed by atoms with Crippen LogP contribution in [0.5, 0.6) is 11.5 Å². The summed E-state index contributed by atoms with van der Waals surface area (Å²) in [5.41, 5.74) is 0.889. The van der Waals surface area contributed by atoms with E-state index in [1.54, 1.807) is 21.1 Å². The Morgan fingerprint density at radius 2 is 1.86 bits per heavy atom. The van der Waals surface area contributed by atoms with E-state index in [4.69, 9.17) is 14.6 Å². The van der Waals surface area contributed by atoms with Crippen molar-refractivity contribution in [3.63, 3.8) is 0 Å². The van der Waals surface area contributed by atoms with Gasteiger partial charge < -0.3 is 19.5 Å². The molecule has 0 amide bonds. The van der Waals surface area contributed by atoms with Crippen LogP contribution in [0, 0.1) is 11.8 Å². The molecule has 0 aliphatic rings. The van der Waals surface area contributed by atoms with Crippen molar-refractivity contribution in [1.82, 2.24) is 0 Å². The molecule has 118 valence electrons. The first-order valence-corrected chi connectivity index (χ1v) is 7.08. The smallest absolute Gasteiger partial charge is 0.308 e. The maximum absolute atomic E-state index is 11.1. The first-order valence-electron chi connectivity index (χ1n) is 7.08. The summed E-state index contributed by atoms with van der Waals surface area (Å²) in [6.45, 7) is 7.13. The minimum absolute atomic E-state index is 0.415. The van der Waals surface area contributed by atoms with Crippen molar-refractivity contribution >= 4 is 11.7 Å². The van der Waals surface area contributed by atoms with Gasteiger partial charge in [0.1, 0.15) is 11.5 Å². The lowest BCUT2D eigenvalue weighted by atomic mass is 10.1. The van der Waals surface area contributed by atoms with E-state index < -0.39 is 11.9 Å². The van der Waals surface area contributed by atoms with Crippen molar-refractivity contribution < 1.29 is 19.4 Å². The zero-order chi connectivity index (χ0) is 16.0. The summed E-state index contributed by atoms with van der Waals surface area (Å²) in [7, 11) is 3.21. The average molecular weight is 295 g/mol. The molecule has 1 unspecified atom stereocenters. The third-order valence-corrected chi connectivity index (χ3v) is 3.23. The molecule has 0 radical (unpaired) electrons. The van der Waals surface area contributed by atoms with Gasteiger partial charge in [0.05, 0.1) is 25.8 Å². The third-order valence-electron chi connectivity index (χ3n) is 3.23. The maximum atomic E-state index is 11.1. The monoisotopic (exact) mass is 295 g/mol. The van der Waals surface area contributed by atoms with E-state index in [2.05, 4.69) is 18.7 Å². The van der Waals surface area contributed by atoms with E-state index in [9.17, 15) is 4.79 Å². The number of hydrogen-bond acceptors (Lipinski definition) is 4. The number of anilines is 1. The molecular formula is C16H25NO4. The van der Waals surface area contributed by atoms with Crippen LogP contribution in [0.4, 0.5) is 5.69 Å². The number of carbonyl (C=O) groups is 1. The summed E-state index contributed by atoms with van der Waals surface area (Å²) in [6, 6.07) is 5.58. The molecule has 0 saturated heterocycles. The van der Waals surface area contributed by atoms with Gasteiger partial charge in [0.25, 0.3) is 0 Å². The van der Waals surface area contributed by atoms with Crippen LogP contribution in [0.1, 0.15) is 20.8 Å². The fraction of sp³-hybridized carbons (Fsp3) is 0.562. The minimum atomic E-state index is -0.795. The van der Waals surface area contributed by atoms with Crippen molar-refractivity contribution in [2.45, 2.75) is 20.8 Å². The maximum Gasteiger partial charge on any atom is 0.308 e. The summed E-state index contributed by atoms with van der Waals surface area (Å²) in [4.78, 5) is 13.2. The zero-order valence-electron chi connectivity index (χ0n) is 13.4. The molecule has 5 heteroatoms. The summed E-state index contributed by atoms with van der Waals surface area (Å²) < 4.78 is 10.6. The number of hydrogen-bond donors (Lipinski definition) is 1. The van der Waals surface area contributed by atoms with Crippen LogP contribution in [-0.4, -0.2) is 38.4 Å². The number of ether oxygens (including phenoxy) is 2. The summed E-state index contributed by atoms with van der Waals surface area (Å²) in [5.74, 6) is 0.573. The predicted octanol–water partition coefficient (Wildman–Crippen LogP) is 2.89. The Labute approximate surface area is 126 Å². The third kappa shape index (κ3) is 4.85. The van der Waals surface area contributed by atoms with Gasteiger partial charge in [-0.15, -0.1) is 0 Å². The predicted molar refractivity (Wildman–Crippen MR) is 83.4 cm³/mol. The van der Waals surface area contributed by atoms with Gasteiger partial charge in [-0.25, -0.2) is 0 Å². The van der Waals surface area contributed by atoms with Gasteiger partial charge in [-0.1, -0.05) is 20.8 Å². The van der Waals surface area contributed by atoms with E-state index in [1.165, 1.54) is 0 Å². The molecule has 0 fully saturated rings. The molecule has 0 aromatic heterocycles. The second kappa shape index (κ2) is 7.76.